The van der Waals surface area contributed by atoms with E-state index in [0.29, 0.717) is 41.5 Å². The van der Waals surface area contributed by atoms with Gasteiger partial charge in [0, 0.05) is 23.6 Å². The van der Waals surface area contributed by atoms with Gasteiger partial charge in [-0.1, -0.05) is 12.7 Å². The molecule has 2 aromatic heterocycles. The number of fused-ring (bicyclic) bond motifs is 1. The smallest absolute Gasteiger partial charge is 0.273 e. The molecule has 3 aromatic rings. The number of thioether (sulfide) groups is 1. The van der Waals surface area contributed by atoms with Gasteiger partial charge < -0.3 is 9.47 Å². The lowest BCUT2D eigenvalue weighted by Gasteiger charge is -2.14. The lowest BCUT2D eigenvalue weighted by Crippen LogP contribution is -2.19. The summed E-state index contributed by atoms with van der Waals surface area (Å²) in [6.45, 7) is 7.62. The van der Waals surface area contributed by atoms with E-state index in [1.54, 1.807) is 24.4 Å². The zero-order valence-electron chi connectivity index (χ0n) is 17.3. The Morgan fingerprint density at radius 2 is 2.26 bits per heavy atom. The summed E-state index contributed by atoms with van der Waals surface area (Å²) in [6, 6.07) is 5.24. The van der Waals surface area contributed by atoms with Crippen molar-refractivity contribution in [1.82, 2.24) is 13.9 Å². The van der Waals surface area contributed by atoms with Gasteiger partial charge in [-0.25, -0.2) is 8.96 Å². The fraction of sp³-hybridized carbons (Fsp3) is 0.318. The van der Waals surface area contributed by atoms with Gasteiger partial charge in [-0.05, 0) is 48.9 Å². The first kappa shape index (κ1) is 21.9. The van der Waals surface area contributed by atoms with E-state index in [1.807, 2.05) is 19.2 Å². The van der Waals surface area contributed by atoms with Crippen LogP contribution in [-0.2, 0) is 4.74 Å². The van der Waals surface area contributed by atoms with Crippen LogP contribution < -0.4 is 10.3 Å². The number of hydrogen-bond donors (Lipinski definition) is 0. The monoisotopic (exact) mass is 459 g/mol. The highest BCUT2D eigenvalue weighted by Crippen LogP contribution is 2.29. The standard InChI is InChI=1S/C22H22FN3O3S2/c1-4-15-8-18(24-10-19(15)30-3)21-25-20-13(2)7-16(29-12-14-5-6-28-11-14)9-17(20)22(27)26(21)31-23/h4,7-10,14H,1,5-6,11-12H2,2-3H3. The molecule has 0 N–H and O–H groups in total. The Kier molecular flexibility index (Phi) is 6.64. The summed E-state index contributed by atoms with van der Waals surface area (Å²) in [5.41, 5.74) is 2.02. The van der Waals surface area contributed by atoms with E-state index in [4.69, 9.17) is 9.47 Å². The topological polar surface area (TPSA) is 66.2 Å². The number of aryl methyl sites for hydroxylation is 1. The van der Waals surface area contributed by atoms with Crippen LogP contribution >= 0.6 is 24.1 Å². The SMILES string of the molecule is C=Cc1cc(-c2nc3c(C)cc(OCC4CCOC4)cc3c(=O)n2SF)ncc1SC. The number of halogens is 1. The highest BCUT2D eigenvalue weighted by molar-refractivity contribution is 7.98. The Hall–Kier alpha value is -2.36. The average Bonchev–Trinajstić information content (AvgIpc) is 3.31. The predicted octanol–water partition coefficient (Wildman–Crippen LogP) is 4.93. The Bertz CT molecular complexity index is 1190. The van der Waals surface area contributed by atoms with Crippen molar-refractivity contribution in [2.45, 2.75) is 18.2 Å². The van der Waals surface area contributed by atoms with Crippen molar-refractivity contribution >= 4 is 41.1 Å². The second-order valence-corrected chi connectivity index (χ2v) is 8.65. The van der Waals surface area contributed by atoms with Crippen LogP contribution in [0.3, 0.4) is 0 Å². The summed E-state index contributed by atoms with van der Waals surface area (Å²) in [5, 5.41) is 0.302. The molecule has 162 valence electrons. The molecule has 1 aliphatic rings. The molecule has 9 heteroatoms. The number of benzene rings is 1. The van der Waals surface area contributed by atoms with E-state index >= 15 is 0 Å². The van der Waals surface area contributed by atoms with Gasteiger partial charge in [0.25, 0.3) is 5.56 Å². The predicted molar refractivity (Wildman–Crippen MR) is 124 cm³/mol. The van der Waals surface area contributed by atoms with Gasteiger partial charge in [0.2, 0.25) is 0 Å². The lowest BCUT2D eigenvalue weighted by atomic mass is 10.1. The number of hydrogen-bond acceptors (Lipinski definition) is 7. The Morgan fingerprint density at radius 1 is 1.42 bits per heavy atom. The molecular formula is C22H22FN3O3S2. The van der Waals surface area contributed by atoms with Crippen LogP contribution in [0.5, 0.6) is 5.75 Å². The van der Waals surface area contributed by atoms with Crippen molar-refractivity contribution in [3.63, 3.8) is 0 Å². The highest BCUT2D eigenvalue weighted by Gasteiger charge is 2.20. The van der Waals surface area contributed by atoms with Gasteiger partial charge in [-0.15, -0.1) is 15.6 Å². The maximum absolute atomic E-state index is 13.9. The van der Waals surface area contributed by atoms with Gasteiger partial charge in [-0.3, -0.25) is 9.78 Å². The Balaban J connectivity index is 1.79. The Morgan fingerprint density at radius 3 is 2.94 bits per heavy atom. The first-order valence-electron chi connectivity index (χ1n) is 9.79. The molecule has 1 fully saturated rings. The number of aromatic nitrogens is 3. The van der Waals surface area contributed by atoms with Crippen LogP contribution in [-0.4, -0.2) is 40.0 Å². The number of pyridine rings is 1. The fourth-order valence-corrected chi connectivity index (χ4v) is 4.46. The molecule has 31 heavy (non-hydrogen) atoms. The van der Waals surface area contributed by atoms with Gasteiger partial charge in [0.1, 0.15) is 11.4 Å². The van der Waals surface area contributed by atoms with Crippen LogP contribution in [0.2, 0.25) is 0 Å². The largest absolute Gasteiger partial charge is 0.493 e. The molecule has 1 aliphatic heterocycles. The minimum Gasteiger partial charge on any atom is -0.493 e. The van der Waals surface area contributed by atoms with Gasteiger partial charge in [0.05, 0.1) is 24.1 Å². The summed E-state index contributed by atoms with van der Waals surface area (Å²) in [6.07, 6.45) is 6.27. The number of ether oxygens (including phenoxy) is 2. The first-order chi connectivity index (χ1) is 15.0. The molecule has 1 atom stereocenters. The molecule has 1 aromatic carbocycles. The van der Waals surface area contributed by atoms with Crippen molar-refractivity contribution in [2.75, 3.05) is 26.1 Å². The second-order valence-electron chi connectivity index (χ2n) is 7.30. The van der Waals surface area contributed by atoms with Crippen molar-refractivity contribution in [1.29, 1.82) is 0 Å². The zero-order chi connectivity index (χ0) is 22.0. The number of nitrogens with zero attached hydrogens (tertiary/aromatic N) is 3. The van der Waals surface area contributed by atoms with Crippen molar-refractivity contribution < 1.29 is 13.4 Å². The molecule has 1 saturated heterocycles. The molecule has 0 radical (unpaired) electrons. The summed E-state index contributed by atoms with van der Waals surface area (Å²) in [4.78, 5) is 23.1. The summed E-state index contributed by atoms with van der Waals surface area (Å²) >= 11 is 1.35. The molecular weight excluding hydrogens is 437 g/mol. The van der Waals surface area contributed by atoms with Crippen LogP contribution in [0.15, 0.2) is 40.7 Å². The Labute approximate surface area is 188 Å². The molecule has 0 spiro atoms. The maximum atomic E-state index is 13.9. The summed E-state index contributed by atoms with van der Waals surface area (Å²) < 4.78 is 26.1. The second kappa shape index (κ2) is 9.42. The highest BCUT2D eigenvalue weighted by atomic mass is 32.2. The van der Waals surface area contributed by atoms with Gasteiger partial charge in [-0.2, -0.15) is 0 Å². The number of rotatable bonds is 7. The third-order valence-electron chi connectivity index (χ3n) is 5.24. The van der Waals surface area contributed by atoms with Gasteiger partial charge >= 0.3 is 0 Å². The quantitative estimate of drug-likeness (QED) is 0.464. The minimum absolute atomic E-state index is 0.153. The molecule has 0 bridgehead atoms. The molecule has 6 nitrogen and oxygen atoms in total. The fourth-order valence-electron chi connectivity index (χ4n) is 3.56. The average molecular weight is 460 g/mol. The molecule has 1 unspecified atom stereocenters. The third-order valence-corrected chi connectivity index (χ3v) is 6.50. The van der Waals surface area contributed by atoms with Crippen molar-refractivity contribution in [2.24, 2.45) is 5.92 Å². The zero-order valence-corrected chi connectivity index (χ0v) is 18.9. The van der Waals surface area contributed by atoms with Crippen LogP contribution in [0, 0.1) is 12.8 Å². The van der Waals surface area contributed by atoms with Crippen LogP contribution in [0.1, 0.15) is 17.5 Å². The van der Waals surface area contributed by atoms with Crippen molar-refractivity contribution in [3.8, 4) is 17.3 Å². The van der Waals surface area contributed by atoms with E-state index in [-0.39, 0.29) is 18.2 Å². The van der Waals surface area contributed by atoms with Crippen LogP contribution in [0.4, 0.5) is 3.89 Å². The van der Waals surface area contributed by atoms with Gasteiger partial charge in [0.15, 0.2) is 18.2 Å². The minimum atomic E-state index is -0.499. The molecule has 3 heterocycles. The van der Waals surface area contributed by atoms with E-state index < -0.39 is 5.56 Å². The van der Waals surface area contributed by atoms with Crippen LogP contribution in [0.25, 0.3) is 28.5 Å². The van der Waals surface area contributed by atoms with E-state index in [1.165, 1.54) is 11.8 Å². The van der Waals surface area contributed by atoms with E-state index in [0.717, 1.165) is 33.0 Å². The van der Waals surface area contributed by atoms with E-state index in [2.05, 4.69) is 16.5 Å². The lowest BCUT2D eigenvalue weighted by molar-refractivity contribution is 0.167. The molecule has 4 rings (SSSR count). The maximum Gasteiger partial charge on any atom is 0.273 e. The summed E-state index contributed by atoms with van der Waals surface area (Å²) in [7, 11) is 0. The third kappa shape index (κ3) is 4.35. The molecule has 0 amide bonds. The molecule has 0 aliphatic carbocycles. The molecule has 0 saturated carbocycles. The van der Waals surface area contributed by atoms with Crippen molar-refractivity contribution in [3.05, 3.63) is 52.5 Å². The first-order valence-corrected chi connectivity index (χ1v) is 11.7. The normalized spacial score (nSPS) is 16.0. The summed E-state index contributed by atoms with van der Waals surface area (Å²) in [5.74, 6) is 1.06. The van der Waals surface area contributed by atoms with E-state index in [9.17, 15) is 8.68 Å².